The molecule has 1 amide bonds. The van der Waals surface area contributed by atoms with Crippen molar-refractivity contribution < 1.29 is 9.00 Å². The first-order valence-corrected chi connectivity index (χ1v) is 11.9. The summed E-state index contributed by atoms with van der Waals surface area (Å²) in [5, 5.41) is 9.65. The molecule has 8 heteroatoms. The fourth-order valence-electron chi connectivity index (χ4n) is 3.26. The number of carbonyl (C=O) groups excluding carboxylic acids is 1. The zero-order valence-electron chi connectivity index (χ0n) is 17.7. The average Bonchev–Trinajstić information content (AvgIpc) is 2.73. The van der Waals surface area contributed by atoms with Crippen molar-refractivity contribution in [2.75, 3.05) is 45.5 Å². The maximum Gasteiger partial charge on any atom is 0.234 e. The highest BCUT2D eigenvalue weighted by molar-refractivity contribution is 7.84. The van der Waals surface area contributed by atoms with Gasteiger partial charge < -0.3 is 16.0 Å². The highest BCUT2D eigenvalue weighted by Gasteiger charge is 2.21. The molecule has 1 aromatic rings. The van der Waals surface area contributed by atoms with E-state index in [0.29, 0.717) is 30.6 Å². The molecule has 7 nitrogen and oxygen atoms in total. The predicted molar refractivity (Wildman–Crippen MR) is 120 cm³/mol. The van der Waals surface area contributed by atoms with Crippen LogP contribution in [0, 0.1) is 0 Å². The van der Waals surface area contributed by atoms with E-state index in [2.05, 4.69) is 32.8 Å². The third-order valence-corrected chi connectivity index (χ3v) is 6.20. The summed E-state index contributed by atoms with van der Waals surface area (Å²) in [6.45, 7) is 5.70. The number of hydrogen-bond acceptors (Lipinski definition) is 4. The molecule has 162 valence electrons. The van der Waals surface area contributed by atoms with E-state index >= 15 is 0 Å². The van der Waals surface area contributed by atoms with Gasteiger partial charge in [0.1, 0.15) is 0 Å². The molecule has 3 N–H and O–H groups in total. The first-order valence-electron chi connectivity index (χ1n) is 10.5. The van der Waals surface area contributed by atoms with Crippen LogP contribution in [0.3, 0.4) is 0 Å². The molecule has 1 aromatic carbocycles. The Morgan fingerprint density at radius 2 is 1.90 bits per heavy atom. The minimum absolute atomic E-state index is 0.110. The van der Waals surface area contributed by atoms with Crippen molar-refractivity contribution in [3.8, 4) is 0 Å². The van der Waals surface area contributed by atoms with Gasteiger partial charge in [-0.15, -0.1) is 0 Å². The van der Waals surface area contributed by atoms with Crippen LogP contribution in [-0.4, -0.2) is 72.5 Å². The van der Waals surface area contributed by atoms with Crippen molar-refractivity contribution >= 4 is 22.7 Å². The van der Waals surface area contributed by atoms with Crippen LogP contribution < -0.4 is 16.0 Å². The number of nitrogens with one attached hydrogen (secondary N) is 3. The van der Waals surface area contributed by atoms with Gasteiger partial charge in [-0.1, -0.05) is 37.3 Å². The van der Waals surface area contributed by atoms with Crippen LogP contribution in [0.1, 0.15) is 31.7 Å². The Morgan fingerprint density at radius 1 is 1.17 bits per heavy atom. The van der Waals surface area contributed by atoms with E-state index in [1.807, 2.05) is 30.3 Å². The summed E-state index contributed by atoms with van der Waals surface area (Å²) in [7, 11) is 0.854. The Labute approximate surface area is 177 Å². The lowest BCUT2D eigenvalue weighted by molar-refractivity contribution is -0.122. The number of hydrogen-bond donors (Lipinski definition) is 3. The maximum absolute atomic E-state index is 12.2. The molecule has 0 radical (unpaired) electrons. The van der Waals surface area contributed by atoms with Gasteiger partial charge in [0.25, 0.3) is 0 Å². The van der Waals surface area contributed by atoms with Crippen molar-refractivity contribution in [3.05, 3.63) is 35.9 Å². The molecule has 2 rings (SSSR count). The van der Waals surface area contributed by atoms with E-state index < -0.39 is 10.8 Å². The smallest absolute Gasteiger partial charge is 0.234 e. The van der Waals surface area contributed by atoms with E-state index in [4.69, 9.17) is 0 Å². The van der Waals surface area contributed by atoms with Gasteiger partial charge >= 0.3 is 0 Å². The first kappa shape index (κ1) is 23.3. The maximum atomic E-state index is 12.2. The van der Waals surface area contributed by atoms with Crippen LogP contribution in [-0.2, 0) is 21.3 Å². The number of aliphatic imine (C=N–C) groups is 1. The van der Waals surface area contributed by atoms with E-state index in [1.165, 1.54) is 0 Å². The van der Waals surface area contributed by atoms with Gasteiger partial charge in [0.2, 0.25) is 5.91 Å². The number of rotatable bonds is 10. The van der Waals surface area contributed by atoms with Gasteiger partial charge in [0.05, 0.1) is 6.54 Å². The van der Waals surface area contributed by atoms with Crippen LogP contribution in [0.15, 0.2) is 35.3 Å². The minimum atomic E-state index is -0.899. The topological polar surface area (TPSA) is 85.8 Å². The lowest BCUT2D eigenvalue weighted by Crippen LogP contribution is -2.50. The monoisotopic (exact) mass is 421 g/mol. The minimum Gasteiger partial charge on any atom is -0.355 e. The summed E-state index contributed by atoms with van der Waals surface area (Å²) in [6.07, 6.45) is 2.91. The Morgan fingerprint density at radius 3 is 2.55 bits per heavy atom. The number of benzene rings is 1. The fraction of sp³-hybridized carbons (Fsp3) is 0.619. The standard InChI is InChI=1S/C21H35N5O2S/c1-3-11-23-20(27)16-26-13-9-19(10-14-26)25-21(22-2)24-12-15-29(28)17-18-7-5-4-6-8-18/h4-8,19H,3,9-17H2,1-2H3,(H,23,27)(H2,22,24,25). The molecule has 29 heavy (non-hydrogen) atoms. The first-order chi connectivity index (χ1) is 14.1. The number of piperidine rings is 1. The number of carbonyl (C=O) groups is 1. The third kappa shape index (κ3) is 9.41. The van der Waals surface area contributed by atoms with E-state index in [9.17, 15) is 9.00 Å². The lowest BCUT2D eigenvalue weighted by Gasteiger charge is -2.32. The van der Waals surface area contributed by atoms with Crippen LogP contribution in [0.2, 0.25) is 0 Å². The quantitative estimate of drug-likeness (QED) is 0.389. The van der Waals surface area contributed by atoms with Crippen molar-refractivity contribution in [3.63, 3.8) is 0 Å². The van der Waals surface area contributed by atoms with Crippen LogP contribution >= 0.6 is 0 Å². The summed E-state index contributed by atoms with van der Waals surface area (Å²) in [4.78, 5) is 18.3. The molecular weight excluding hydrogens is 386 g/mol. The molecular formula is C21H35N5O2S. The Hall–Kier alpha value is -1.93. The molecule has 0 bridgehead atoms. The number of guanidine groups is 1. The summed E-state index contributed by atoms with van der Waals surface area (Å²) in [5.74, 6) is 2.03. The second-order valence-electron chi connectivity index (χ2n) is 7.32. The van der Waals surface area contributed by atoms with Gasteiger partial charge in [0.15, 0.2) is 5.96 Å². The summed E-state index contributed by atoms with van der Waals surface area (Å²) < 4.78 is 12.2. The summed E-state index contributed by atoms with van der Waals surface area (Å²) in [6, 6.07) is 10.3. The second-order valence-corrected chi connectivity index (χ2v) is 8.89. The molecule has 0 spiro atoms. The van der Waals surface area contributed by atoms with E-state index in [-0.39, 0.29) is 5.91 Å². The van der Waals surface area contributed by atoms with Crippen LogP contribution in [0.25, 0.3) is 0 Å². The zero-order chi connectivity index (χ0) is 20.9. The Bertz CT molecular complexity index is 660. The molecule has 1 aliphatic rings. The largest absolute Gasteiger partial charge is 0.355 e. The predicted octanol–water partition coefficient (Wildman–Crippen LogP) is 1.09. The fourth-order valence-corrected chi connectivity index (χ4v) is 4.30. The van der Waals surface area contributed by atoms with Gasteiger partial charge in [-0.25, -0.2) is 0 Å². The van der Waals surface area contributed by atoms with Crippen molar-refractivity contribution in [1.29, 1.82) is 0 Å². The van der Waals surface area contributed by atoms with Gasteiger partial charge in [0, 0.05) is 61.6 Å². The van der Waals surface area contributed by atoms with Crippen molar-refractivity contribution in [1.82, 2.24) is 20.9 Å². The summed E-state index contributed by atoms with van der Waals surface area (Å²) in [5.41, 5.74) is 1.10. The molecule has 1 saturated heterocycles. The second kappa shape index (κ2) is 13.3. The van der Waals surface area contributed by atoms with Crippen LogP contribution in [0.4, 0.5) is 0 Å². The molecule has 1 unspecified atom stereocenters. The van der Waals surface area contributed by atoms with Gasteiger partial charge in [-0.3, -0.25) is 18.9 Å². The lowest BCUT2D eigenvalue weighted by atomic mass is 10.1. The highest BCUT2D eigenvalue weighted by atomic mass is 32.2. The number of amides is 1. The van der Waals surface area contributed by atoms with E-state index in [0.717, 1.165) is 50.4 Å². The van der Waals surface area contributed by atoms with Crippen molar-refractivity contribution in [2.45, 2.75) is 38.0 Å². The Balaban J connectivity index is 1.62. The molecule has 0 aromatic heterocycles. The summed E-state index contributed by atoms with van der Waals surface area (Å²) >= 11 is 0. The molecule has 1 fully saturated rings. The Kier molecular flexibility index (Phi) is 10.7. The average molecular weight is 422 g/mol. The van der Waals surface area contributed by atoms with Gasteiger partial charge in [-0.2, -0.15) is 0 Å². The van der Waals surface area contributed by atoms with Crippen LogP contribution in [0.5, 0.6) is 0 Å². The van der Waals surface area contributed by atoms with E-state index in [1.54, 1.807) is 7.05 Å². The molecule has 1 aliphatic heterocycles. The third-order valence-electron chi connectivity index (χ3n) is 4.88. The molecule has 1 heterocycles. The van der Waals surface area contributed by atoms with Crippen molar-refractivity contribution in [2.24, 2.45) is 4.99 Å². The number of likely N-dealkylation sites (tertiary alicyclic amines) is 1. The normalized spacial score (nSPS) is 17.0. The zero-order valence-corrected chi connectivity index (χ0v) is 18.5. The van der Waals surface area contributed by atoms with Gasteiger partial charge in [-0.05, 0) is 24.8 Å². The molecule has 0 aliphatic carbocycles. The highest BCUT2D eigenvalue weighted by Crippen LogP contribution is 2.10. The molecule has 1 atom stereocenters. The SMILES string of the molecule is CCCNC(=O)CN1CCC(NC(=NC)NCCS(=O)Cc2ccccc2)CC1. The molecule has 0 saturated carbocycles. The number of nitrogens with zero attached hydrogens (tertiary/aromatic N) is 2.